The van der Waals surface area contributed by atoms with E-state index in [-0.39, 0.29) is 11.8 Å². The number of hydrogen-bond acceptors (Lipinski definition) is 4. The van der Waals surface area contributed by atoms with Gasteiger partial charge in [0.15, 0.2) is 5.13 Å². The smallest absolute Gasteiger partial charge is 0.267 e. The molecule has 1 heterocycles. The third kappa shape index (κ3) is 3.42. The number of carbonyl (C=O) groups is 2. The molecule has 0 unspecified atom stereocenters. The number of hydrogen-bond donors (Lipinski definition) is 2. The summed E-state index contributed by atoms with van der Waals surface area (Å²) in [5.41, 5.74) is 1.33. The third-order valence-corrected chi connectivity index (χ3v) is 3.67. The molecule has 0 saturated heterocycles. The van der Waals surface area contributed by atoms with E-state index in [0.717, 1.165) is 5.69 Å². The summed E-state index contributed by atoms with van der Waals surface area (Å²) in [4.78, 5) is 28.2. The van der Waals surface area contributed by atoms with E-state index in [0.29, 0.717) is 22.1 Å². The van der Waals surface area contributed by atoms with Crippen molar-refractivity contribution in [3.8, 4) is 0 Å². The average molecular weight is 289 g/mol. The zero-order valence-corrected chi connectivity index (χ0v) is 12.1. The molecule has 0 fully saturated rings. The van der Waals surface area contributed by atoms with Crippen molar-refractivity contribution in [2.75, 3.05) is 10.6 Å². The molecule has 5 nitrogen and oxygen atoms in total. The van der Waals surface area contributed by atoms with Gasteiger partial charge in [-0.2, -0.15) is 0 Å². The Bertz CT molecular complexity index is 623. The first-order chi connectivity index (χ1) is 9.60. The summed E-state index contributed by atoms with van der Waals surface area (Å²) in [5.74, 6) is -0.336. The van der Waals surface area contributed by atoms with Gasteiger partial charge in [-0.25, -0.2) is 4.98 Å². The van der Waals surface area contributed by atoms with Crippen LogP contribution in [0.3, 0.4) is 0 Å². The number of rotatable bonds is 4. The fourth-order valence-electron chi connectivity index (χ4n) is 1.58. The molecule has 104 valence electrons. The van der Waals surface area contributed by atoms with Gasteiger partial charge in [0.2, 0.25) is 5.91 Å². The van der Waals surface area contributed by atoms with Gasteiger partial charge in [0.1, 0.15) is 4.88 Å². The van der Waals surface area contributed by atoms with Gasteiger partial charge in [-0.15, -0.1) is 0 Å². The molecule has 2 rings (SSSR count). The van der Waals surface area contributed by atoms with Crippen LogP contribution >= 0.6 is 11.3 Å². The minimum absolute atomic E-state index is 0.117. The Morgan fingerprint density at radius 1 is 1.20 bits per heavy atom. The lowest BCUT2D eigenvalue weighted by atomic mass is 10.3. The lowest BCUT2D eigenvalue weighted by molar-refractivity contribution is -0.115. The summed E-state index contributed by atoms with van der Waals surface area (Å²) >= 11 is 1.18. The van der Waals surface area contributed by atoms with E-state index in [1.54, 1.807) is 13.8 Å². The number of carbonyl (C=O) groups excluding carboxylic acids is 2. The van der Waals surface area contributed by atoms with E-state index in [1.807, 2.05) is 30.3 Å². The van der Waals surface area contributed by atoms with Crippen LogP contribution in [-0.2, 0) is 4.79 Å². The van der Waals surface area contributed by atoms with Crippen molar-refractivity contribution in [3.63, 3.8) is 0 Å². The van der Waals surface area contributed by atoms with Crippen molar-refractivity contribution in [1.82, 2.24) is 4.98 Å². The Kier molecular flexibility index (Phi) is 4.47. The fourth-order valence-corrected chi connectivity index (χ4v) is 2.46. The molecule has 0 spiro atoms. The number of nitrogens with zero attached hydrogens (tertiary/aromatic N) is 1. The summed E-state index contributed by atoms with van der Waals surface area (Å²) < 4.78 is 0. The van der Waals surface area contributed by atoms with E-state index in [9.17, 15) is 9.59 Å². The Balaban J connectivity index is 2.12. The van der Waals surface area contributed by atoms with E-state index in [1.165, 1.54) is 11.3 Å². The summed E-state index contributed by atoms with van der Waals surface area (Å²) in [6.45, 7) is 3.51. The number of aryl methyl sites for hydroxylation is 1. The van der Waals surface area contributed by atoms with Crippen LogP contribution in [0.25, 0.3) is 0 Å². The van der Waals surface area contributed by atoms with Crippen LogP contribution in [0.4, 0.5) is 10.8 Å². The van der Waals surface area contributed by atoms with Gasteiger partial charge >= 0.3 is 0 Å². The van der Waals surface area contributed by atoms with Crippen LogP contribution in [0, 0.1) is 6.92 Å². The predicted octanol–water partition coefficient (Wildman–Crippen LogP) is 3.05. The number of nitrogens with one attached hydrogen (secondary N) is 2. The number of thiazole rings is 1. The van der Waals surface area contributed by atoms with Crippen molar-refractivity contribution < 1.29 is 9.59 Å². The molecule has 0 bridgehead atoms. The van der Waals surface area contributed by atoms with Crippen molar-refractivity contribution >= 4 is 34.0 Å². The second-order valence-electron chi connectivity index (χ2n) is 4.16. The lowest BCUT2D eigenvalue weighted by Crippen LogP contribution is -2.11. The van der Waals surface area contributed by atoms with Crippen molar-refractivity contribution in [3.05, 3.63) is 40.9 Å². The summed E-state index contributed by atoms with van der Waals surface area (Å²) in [7, 11) is 0. The van der Waals surface area contributed by atoms with Crippen LogP contribution in [0.1, 0.15) is 28.7 Å². The minimum Gasteiger partial charge on any atom is -0.321 e. The first-order valence-electron chi connectivity index (χ1n) is 6.24. The Morgan fingerprint density at radius 2 is 1.90 bits per heavy atom. The average Bonchev–Trinajstić information content (AvgIpc) is 2.80. The van der Waals surface area contributed by atoms with Crippen LogP contribution in [0.5, 0.6) is 0 Å². The maximum Gasteiger partial charge on any atom is 0.267 e. The van der Waals surface area contributed by atoms with Crippen LogP contribution in [0.2, 0.25) is 0 Å². The number of para-hydroxylation sites is 1. The fraction of sp³-hybridized carbons (Fsp3) is 0.214. The van der Waals surface area contributed by atoms with Crippen molar-refractivity contribution in [1.29, 1.82) is 0 Å². The highest BCUT2D eigenvalue weighted by Crippen LogP contribution is 2.23. The molecule has 1 aromatic carbocycles. The first-order valence-corrected chi connectivity index (χ1v) is 7.05. The standard InChI is InChI=1S/C14H15N3O2S/c1-3-11(18)17-14-15-9(2)12(20-14)13(19)16-10-7-5-4-6-8-10/h4-8H,3H2,1-2H3,(H,16,19)(H,15,17,18). The van der Waals surface area contributed by atoms with Gasteiger partial charge in [0, 0.05) is 12.1 Å². The molecule has 0 saturated carbocycles. The SMILES string of the molecule is CCC(=O)Nc1nc(C)c(C(=O)Nc2ccccc2)s1. The van der Waals surface area contributed by atoms with Gasteiger partial charge in [-0.1, -0.05) is 36.5 Å². The molecule has 2 amide bonds. The molecule has 0 radical (unpaired) electrons. The quantitative estimate of drug-likeness (QED) is 0.908. The van der Waals surface area contributed by atoms with E-state index < -0.39 is 0 Å². The monoisotopic (exact) mass is 289 g/mol. The first kappa shape index (κ1) is 14.2. The Labute approximate surface area is 121 Å². The number of benzene rings is 1. The molecular formula is C14H15N3O2S. The highest BCUT2D eigenvalue weighted by Gasteiger charge is 2.16. The molecule has 2 N–H and O–H groups in total. The molecule has 0 aliphatic heterocycles. The highest BCUT2D eigenvalue weighted by atomic mass is 32.1. The normalized spacial score (nSPS) is 10.1. The summed E-state index contributed by atoms with van der Waals surface area (Å²) in [6, 6.07) is 9.21. The number of aromatic nitrogens is 1. The van der Waals surface area contributed by atoms with Gasteiger partial charge in [0.05, 0.1) is 5.69 Å². The van der Waals surface area contributed by atoms with Crippen molar-refractivity contribution in [2.24, 2.45) is 0 Å². The summed E-state index contributed by atoms with van der Waals surface area (Å²) in [5, 5.41) is 5.91. The molecule has 6 heteroatoms. The minimum atomic E-state index is -0.219. The Morgan fingerprint density at radius 3 is 2.55 bits per heavy atom. The lowest BCUT2D eigenvalue weighted by Gasteiger charge is -2.02. The van der Waals surface area contributed by atoms with Gasteiger partial charge in [-0.3, -0.25) is 9.59 Å². The molecule has 1 aromatic heterocycles. The molecular weight excluding hydrogens is 274 g/mol. The molecule has 0 aliphatic rings. The second kappa shape index (κ2) is 6.29. The molecule has 2 aromatic rings. The van der Waals surface area contributed by atoms with Crippen molar-refractivity contribution in [2.45, 2.75) is 20.3 Å². The topological polar surface area (TPSA) is 71.1 Å². The molecule has 0 atom stereocenters. The number of amides is 2. The van der Waals surface area contributed by atoms with E-state index in [4.69, 9.17) is 0 Å². The molecule has 20 heavy (non-hydrogen) atoms. The second-order valence-corrected chi connectivity index (χ2v) is 5.15. The maximum atomic E-state index is 12.2. The zero-order chi connectivity index (χ0) is 14.5. The molecule has 0 aliphatic carbocycles. The maximum absolute atomic E-state index is 12.2. The third-order valence-electron chi connectivity index (χ3n) is 2.60. The van der Waals surface area contributed by atoms with Crippen LogP contribution in [-0.4, -0.2) is 16.8 Å². The summed E-state index contributed by atoms with van der Waals surface area (Å²) in [6.07, 6.45) is 0.379. The van der Waals surface area contributed by atoms with Crippen LogP contribution < -0.4 is 10.6 Å². The predicted molar refractivity (Wildman–Crippen MR) is 80.2 cm³/mol. The number of anilines is 2. The largest absolute Gasteiger partial charge is 0.321 e. The highest BCUT2D eigenvalue weighted by molar-refractivity contribution is 7.17. The van der Waals surface area contributed by atoms with E-state index >= 15 is 0 Å². The zero-order valence-electron chi connectivity index (χ0n) is 11.3. The van der Waals surface area contributed by atoms with Gasteiger partial charge in [0.25, 0.3) is 5.91 Å². The van der Waals surface area contributed by atoms with Crippen LogP contribution in [0.15, 0.2) is 30.3 Å². The Hall–Kier alpha value is -2.21. The van der Waals surface area contributed by atoms with Gasteiger partial charge in [-0.05, 0) is 19.1 Å². The van der Waals surface area contributed by atoms with Gasteiger partial charge < -0.3 is 10.6 Å². The van der Waals surface area contributed by atoms with E-state index in [2.05, 4.69) is 15.6 Å².